The van der Waals surface area contributed by atoms with Gasteiger partial charge in [-0.2, -0.15) is 0 Å². The second-order valence-corrected chi connectivity index (χ2v) is 3.36. The van der Waals surface area contributed by atoms with Crippen LogP contribution in [0.3, 0.4) is 0 Å². The van der Waals surface area contributed by atoms with Crippen LogP contribution in [0, 0.1) is 6.26 Å². The lowest BCUT2D eigenvalue weighted by molar-refractivity contribution is 0.573. The molecule has 0 aliphatic heterocycles. The summed E-state index contributed by atoms with van der Waals surface area (Å²) < 4.78 is 5.09. The first kappa shape index (κ1) is 8.67. The van der Waals surface area contributed by atoms with Gasteiger partial charge in [-0.3, -0.25) is 0 Å². The summed E-state index contributed by atoms with van der Waals surface area (Å²) in [5, 5.41) is 1.07. The summed E-state index contributed by atoms with van der Waals surface area (Å²) in [5.74, 6) is 0.735. The van der Waals surface area contributed by atoms with Gasteiger partial charge in [0.1, 0.15) is 5.76 Å². The maximum Gasteiger partial charge on any atom is 0.170 e. The van der Waals surface area contributed by atoms with Crippen LogP contribution >= 0.6 is 23.2 Å². The van der Waals surface area contributed by atoms with Gasteiger partial charge in [-0.25, -0.2) is 0 Å². The Morgan fingerprint density at radius 1 is 1.08 bits per heavy atom. The molecule has 0 aliphatic carbocycles. The van der Waals surface area contributed by atoms with Crippen LogP contribution in [0.15, 0.2) is 34.7 Å². The summed E-state index contributed by atoms with van der Waals surface area (Å²) in [6.07, 6.45) is 2.61. The lowest BCUT2D eigenvalue weighted by atomic mass is 10.2. The molecule has 0 aliphatic rings. The van der Waals surface area contributed by atoms with E-state index in [1.165, 1.54) is 0 Å². The minimum atomic E-state index is 0.524. The second kappa shape index (κ2) is 3.44. The molecule has 1 heterocycles. The van der Waals surface area contributed by atoms with Crippen molar-refractivity contribution in [3.8, 4) is 11.3 Å². The van der Waals surface area contributed by atoms with Crippen LogP contribution in [0.25, 0.3) is 11.3 Å². The minimum Gasteiger partial charge on any atom is -0.453 e. The maximum absolute atomic E-state index is 5.85. The number of hydrogen-bond donors (Lipinski definition) is 0. The largest absolute Gasteiger partial charge is 0.453 e. The molecular formula is C10H5Cl2O. The molecule has 0 N–H and O–H groups in total. The van der Waals surface area contributed by atoms with E-state index >= 15 is 0 Å². The first-order valence-electron chi connectivity index (χ1n) is 3.68. The Labute approximate surface area is 85.9 Å². The molecular weight excluding hydrogens is 207 g/mol. The van der Waals surface area contributed by atoms with E-state index in [1.54, 1.807) is 18.2 Å². The third kappa shape index (κ3) is 1.71. The van der Waals surface area contributed by atoms with E-state index in [-0.39, 0.29) is 0 Å². The topological polar surface area (TPSA) is 13.1 Å². The molecule has 1 aromatic carbocycles. The third-order valence-corrected chi connectivity index (χ3v) is 2.41. The Hall–Kier alpha value is -0.920. The highest BCUT2D eigenvalue weighted by Crippen LogP contribution is 2.28. The van der Waals surface area contributed by atoms with E-state index in [1.807, 2.05) is 12.1 Å². The fraction of sp³-hybridized carbons (Fsp3) is 0. The molecule has 2 aromatic rings. The summed E-state index contributed by atoms with van der Waals surface area (Å²) in [6.45, 7) is 0. The monoisotopic (exact) mass is 211 g/mol. The average Bonchev–Trinajstić information content (AvgIpc) is 2.62. The van der Waals surface area contributed by atoms with Gasteiger partial charge in [0.15, 0.2) is 6.26 Å². The average molecular weight is 212 g/mol. The summed E-state index contributed by atoms with van der Waals surface area (Å²) in [6, 6.07) is 8.87. The van der Waals surface area contributed by atoms with Crippen LogP contribution in [0.4, 0.5) is 0 Å². The van der Waals surface area contributed by atoms with Crippen LogP contribution in [0.2, 0.25) is 10.0 Å². The van der Waals surface area contributed by atoms with E-state index in [2.05, 4.69) is 6.26 Å². The Bertz CT molecular complexity index is 407. The van der Waals surface area contributed by atoms with Crippen molar-refractivity contribution >= 4 is 23.2 Å². The number of halogens is 2. The predicted octanol–water partition coefficient (Wildman–Crippen LogP) is 4.05. The van der Waals surface area contributed by atoms with Gasteiger partial charge >= 0.3 is 0 Å². The Balaban J connectivity index is 2.49. The van der Waals surface area contributed by atoms with E-state index < -0.39 is 0 Å². The minimum absolute atomic E-state index is 0.524. The van der Waals surface area contributed by atoms with Crippen molar-refractivity contribution < 1.29 is 4.42 Å². The molecule has 0 bridgehead atoms. The number of benzene rings is 1. The quantitative estimate of drug-likeness (QED) is 0.694. The van der Waals surface area contributed by atoms with Gasteiger partial charge in [-0.1, -0.05) is 23.2 Å². The molecule has 1 nitrogen and oxygen atoms in total. The standard InChI is InChI=1S/C10H5Cl2O/c11-8-4-3-7(6-9(8)12)10-2-1-5-13-10/h1-4,6H. The molecule has 0 amide bonds. The van der Waals surface area contributed by atoms with Crippen LogP contribution in [-0.2, 0) is 0 Å². The highest BCUT2D eigenvalue weighted by atomic mass is 35.5. The molecule has 1 aromatic heterocycles. The first-order chi connectivity index (χ1) is 6.27. The molecule has 3 heteroatoms. The van der Waals surface area contributed by atoms with Crippen LogP contribution < -0.4 is 0 Å². The van der Waals surface area contributed by atoms with Crippen LogP contribution in [-0.4, -0.2) is 0 Å². The van der Waals surface area contributed by atoms with Crippen molar-refractivity contribution in [3.63, 3.8) is 0 Å². The Kier molecular flexibility index (Phi) is 2.30. The summed E-state index contributed by atoms with van der Waals surface area (Å²) >= 11 is 11.6. The molecule has 0 fully saturated rings. The normalized spacial score (nSPS) is 10.3. The van der Waals surface area contributed by atoms with Crippen molar-refractivity contribution in [2.75, 3.05) is 0 Å². The fourth-order valence-electron chi connectivity index (χ4n) is 1.05. The lowest BCUT2D eigenvalue weighted by Crippen LogP contribution is -1.74. The zero-order chi connectivity index (χ0) is 9.26. The van der Waals surface area contributed by atoms with E-state index in [0.29, 0.717) is 10.0 Å². The number of hydrogen-bond acceptors (Lipinski definition) is 1. The highest BCUT2D eigenvalue weighted by Gasteiger charge is 2.03. The van der Waals surface area contributed by atoms with Crippen molar-refractivity contribution in [2.24, 2.45) is 0 Å². The molecule has 0 atom stereocenters. The van der Waals surface area contributed by atoms with Crippen molar-refractivity contribution in [1.29, 1.82) is 0 Å². The maximum atomic E-state index is 5.85. The molecule has 0 saturated heterocycles. The summed E-state index contributed by atoms with van der Waals surface area (Å²) in [7, 11) is 0. The van der Waals surface area contributed by atoms with E-state index in [0.717, 1.165) is 11.3 Å². The van der Waals surface area contributed by atoms with E-state index in [4.69, 9.17) is 27.6 Å². The highest BCUT2D eigenvalue weighted by molar-refractivity contribution is 6.42. The number of rotatable bonds is 1. The first-order valence-corrected chi connectivity index (χ1v) is 4.44. The molecule has 65 valence electrons. The molecule has 1 radical (unpaired) electrons. The second-order valence-electron chi connectivity index (χ2n) is 2.55. The third-order valence-electron chi connectivity index (χ3n) is 1.68. The van der Waals surface area contributed by atoms with Gasteiger partial charge < -0.3 is 4.42 Å². The van der Waals surface area contributed by atoms with Crippen molar-refractivity contribution in [3.05, 3.63) is 46.6 Å². The van der Waals surface area contributed by atoms with Gasteiger partial charge in [0.2, 0.25) is 0 Å². The van der Waals surface area contributed by atoms with Gasteiger partial charge in [0.25, 0.3) is 0 Å². The fourth-order valence-corrected chi connectivity index (χ4v) is 1.34. The van der Waals surface area contributed by atoms with E-state index in [9.17, 15) is 0 Å². The zero-order valence-corrected chi connectivity index (χ0v) is 8.06. The molecule has 0 unspecified atom stereocenters. The molecule has 13 heavy (non-hydrogen) atoms. The van der Waals surface area contributed by atoms with Gasteiger partial charge in [-0.05, 0) is 30.3 Å². The predicted molar refractivity (Wildman–Crippen MR) is 53.0 cm³/mol. The van der Waals surface area contributed by atoms with Crippen molar-refractivity contribution in [1.82, 2.24) is 0 Å². The van der Waals surface area contributed by atoms with Gasteiger partial charge in [0.05, 0.1) is 10.0 Å². The smallest absolute Gasteiger partial charge is 0.170 e. The molecule has 0 saturated carbocycles. The lowest BCUT2D eigenvalue weighted by Gasteiger charge is -1.98. The number of furan rings is 1. The zero-order valence-electron chi connectivity index (χ0n) is 6.55. The SMILES string of the molecule is Clc1ccc(-c2cc[c]o2)cc1Cl. The van der Waals surface area contributed by atoms with Crippen molar-refractivity contribution in [2.45, 2.75) is 0 Å². The Morgan fingerprint density at radius 2 is 1.92 bits per heavy atom. The van der Waals surface area contributed by atoms with Gasteiger partial charge in [-0.15, -0.1) is 0 Å². The summed E-state index contributed by atoms with van der Waals surface area (Å²) in [5.41, 5.74) is 0.899. The Morgan fingerprint density at radius 3 is 2.54 bits per heavy atom. The van der Waals surface area contributed by atoms with Crippen LogP contribution in [0.1, 0.15) is 0 Å². The van der Waals surface area contributed by atoms with Crippen LogP contribution in [0.5, 0.6) is 0 Å². The summed E-state index contributed by atoms with van der Waals surface area (Å²) in [4.78, 5) is 0. The molecule has 2 rings (SSSR count). The molecule has 0 spiro atoms. The van der Waals surface area contributed by atoms with Gasteiger partial charge in [0, 0.05) is 5.56 Å².